The molecule has 1 aromatic rings. The first-order chi connectivity index (χ1) is 7.75. The van der Waals surface area contributed by atoms with Gasteiger partial charge in [-0.3, -0.25) is 4.99 Å². The largest absolute Gasteiger partial charge is 0.507 e. The van der Waals surface area contributed by atoms with E-state index in [1.54, 1.807) is 0 Å². The van der Waals surface area contributed by atoms with Crippen LogP contribution in [0.2, 0.25) is 0 Å². The van der Waals surface area contributed by atoms with E-state index < -0.39 is 0 Å². The first-order valence-electron chi connectivity index (χ1n) is 6.07. The van der Waals surface area contributed by atoms with Gasteiger partial charge in [-0.15, -0.1) is 0 Å². The van der Waals surface area contributed by atoms with Crippen molar-refractivity contribution in [1.29, 1.82) is 0 Å². The molecule has 0 radical (unpaired) electrons. The van der Waals surface area contributed by atoms with E-state index in [1.165, 1.54) is 19.3 Å². The molecule has 0 aromatic heterocycles. The molecule has 0 aliphatic heterocycles. The van der Waals surface area contributed by atoms with Crippen LogP contribution in [0.3, 0.4) is 0 Å². The Kier molecular flexibility index (Phi) is 2.23. The summed E-state index contributed by atoms with van der Waals surface area (Å²) < 4.78 is 0. The smallest absolute Gasteiger partial charge is 0.127 e. The average Bonchev–Trinajstić information content (AvgIpc) is 2.96. The van der Waals surface area contributed by atoms with Gasteiger partial charge in [0.25, 0.3) is 0 Å². The molecule has 0 heterocycles. The Morgan fingerprint density at radius 2 is 2.25 bits per heavy atom. The van der Waals surface area contributed by atoms with Crippen LogP contribution in [0.15, 0.2) is 23.2 Å². The fourth-order valence-corrected chi connectivity index (χ4v) is 2.82. The van der Waals surface area contributed by atoms with Crippen molar-refractivity contribution in [3.05, 3.63) is 29.3 Å². The molecule has 3 atom stereocenters. The Labute approximate surface area is 96.0 Å². The zero-order valence-corrected chi connectivity index (χ0v) is 9.56. The van der Waals surface area contributed by atoms with E-state index in [0.717, 1.165) is 23.0 Å². The molecule has 2 fully saturated rings. The first kappa shape index (κ1) is 9.88. The summed E-state index contributed by atoms with van der Waals surface area (Å²) in [5.74, 6) is 2.19. The number of nitrogens with zero attached hydrogens (tertiary/aromatic N) is 1. The highest BCUT2D eigenvalue weighted by atomic mass is 16.3. The molecule has 2 aliphatic carbocycles. The van der Waals surface area contributed by atoms with Crippen molar-refractivity contribution in [1.82, 2.24) is 0 Å². The molecule has 2 saturated carbocycles. The van der Waals surface area contributed by atoms with Crippen molar-refractivity contribution < 1.29 is 5.11 Å². The molecule has 1 aromatic carbocycles. The minimum atomic E-state index is 0.372. The fourth-order valence-electron chi connectivity index (χ4n) is 2.82. The van der Waals surface area contributed by atoms with E-state index in [1.807, 2.05) is 31.3 Å². The fraction of sp³-hybridized carbons (Fsp3) is 0.500. The molecule has 2 nitrogen and oxygen atoms in total. The molecule has 16 heavy (non-hydrogen) atoms. The van der Waals surface area contributed by atoms with Gasteiger partial charge in [-0.25, -0.2) is 0 Å². The highest BCUT2D eigenvalue weighted by molar-refractivity contribution is 5.84. The lowest BCUT2D eigenvalue weighted by Crippen LogP contribution is -2.02. The summed E-state index contributed by atoms with van der Waals surface area (Å²) in [4.78, 5) is 4.63. The van der Waals surface area contributed by atoms with Gasteiger partial charge in [0.2, 0.25) is 0 Å². The third-order valence-electron chi connectivity index (χ3n) is 3.98. The van der Waals surface area contributed by atoms with E-state index in [0.29, 0.717) is 11.8 Å². The Hall–Kier alpha value is -1.31. The van der Waals surface area contributed by atoms with Crippen LogP contribution >= 0.6 is 0 Å². The van der Waals surface area contributed by atoms with Gasteiger partial charge in [0.05, 0.1) is 6.04 Å². The SMILES string of the molecule is Cc1cccc(C=NC2CCC3CC32)c1O. The van der Waals surface area contributed by atoms with Crippen LogP contribution in [0.1, 0.15) is 30.4 Å². The number of hydrogen-bond acceptors (Lipinski definition) is 2. The predicted octanol–water partition coefficient (Wildman–Crippen LogP) is 2.92. The molecule has 0 spiro atoms. The number of benzene rings is 1. The maximum atomic E-state index is 9.86. The summed E-state index contributed by atoms with van der Waals surface area (Å²) in [6, 6.07) is 6.32. The lowest BCUT2D eigenvalue weighted by atomic mass is 10.1. The van der Waals surface area contributed by atoms with Crippen LogP contribution in [0.25, 0.3) is 0 Å². The molecule has 2 heteroatoms. The third-order valence-corrected chi connectivity index (χ3v) is 3.98. The van der Waals surface area contributed by atoms with Crippen molar-refractivity contribution >= 4 is 6.21 Å². The number of fused-ring (bicyclic) bond motifs is 1. The second-order valence-corrected chi connectivity index (χ2v) is 5.10. The van der Waals surface area contributed by atoms with Crippen molar-refractivity contribution in [2.75, 3.05) is 0 Å². The van der Waals surface area contributed by atoms with Gasteiger partial charge in [0.15, 0.2) is 0 Å². The molecule has 0 bridgehead atoms. The second kappa shape index (κ2) is 3.62. The molecular weight excluding hydrogens is 198 g/mol. The van der Waals surface area contributed by atoms with Crippen LogP contribution in [-0.2, 0) is 0 Å². The van der Waals surface area contributed by atoms with Gasteiger partial charge < -0.3 is 5.11 Å². The standard InChI is InChI=1S/C14H17NO/c1-9-3-2-4-11(14(9)16)8-15-13-6-5-10-7-12(10)13/h2-4,8,10,12-13,16H,5-7H2,1H3. The van der Waals surface area contributed by atoms with Crippen LogP contribution < -0.4 is 0 Å². The van der Waals surface area contributed by atoms with Crippen molar-refractivity contribution in [2.24, 2.45) is 16.8 Å². The Morgan fingerprint density at radius 3 is 2.94 bits per heavy atom. The molecule has 3 unspecified atom stereocenters. The lowest BCUT2D eigenvalue weighted by Gasteiger charge is -2.06. The molecule has 0 amide bonds. The number of aromatic hydroxyl groups is 1. The number of phenols is 1. The van der Waals surface area contributed by atoms with E-state index in [9.17, 15) is 5.11 Å². The van der Waals surface area contributed by atoms with E-state index >= 15 is 0 Å². The van der Waals surface area contributed by atoms with Gasteiger partial charge in [-0.2, -0.15) is 0 Å². The third kappa shape index (κ3) is 1.62. The maximum absolute atomic E-state index is 9.86. The molecule has 3 rings (SSSR count). The Morgan fingerprint density at radius 1 is 1.38 bits per heavy atom. The number of hydrogen-bond donors (Lipinski definition) is 1. The second-order valence-electron chi connectivity index (χ2n) is 5.10. The van der Waals surface area contributed by atoms with E-state index in [2.05, 4.69) is 4.99 Å². The van der Waals surface area contributed by atoms with Crippen molar-refractivity contribution in [3.8, 4) is 5.75 Å². The Bertz CT molecular complexity index is 438. The van der Waals surface area contributed by atoms with Crippen LogP contribution in [-0.4, -0.2) is 17.4 Å². The zero-order chi connectivity index (χ0) is 11.1. The number of aryl methyl sites for hydroxylation is 1. The number of aliphatic imine (C=N–C) groups is 1. The summed E-state index contributed by atoms with van der Waals surface area (Å²) in [6.45, 7) is 1.92. The van der Waals surface area contributed by atoms with Crippen LogP contribution in [0.5, 0.6) is 5.75 Å². The number of rotatable bonds is 2. The van der Waals surface area contributed by atoms with Gasteiger partial charge in [0.1, 0.15) is 5.75 Å². The summed E-state index contributed by atoms with van der Waals surface area (Å²) in [6.07, 6.45) is 5.82. The van der Waals surface area contributed by atoms with Crippen LogP contribution in [0, 0.1) is 18.8 Å². The summed E-state index contributed by atoms with van der Waals surface area (Å²) in [7, 11) is 0. The zero-order valence-electron chi connectivity index (χ0n) is 9.56. The highest BCUT2D eigenvalue weighted by Gasteiger charge is 2.47. The molecule has 2 aliphatic rings. The number of phenolic OH excluding ortho intramolecular Hbond substituents is 1. The van der Waals surface area contributed by atoms with Crippen molar-refractivity contribution in [2.45, 2.75) is 32.2 Å². The van der Waals surface area contributed by atoms with Crippen molar-refractivity contribution in [3.63, 3.8) is 0 Å². The summed E-state index contributed by atoms with van der Waals surface area (Å²) in [5.41, 5.74) is 1.77. The average molecular weight is 215 g/mol. The van der Waals surface area contributed by atoms with Crippen LogP contribution in [0.4, 0.5) is 0 Å². The quantitative estimate of drug-likeness (QED) is 0.756. The lowest BCUT2D eigenvalue weighted by molar-refractivity contribution is 0.470. The van der Waals surface area contributed by atoms with Gasteiger partial charge >= 0.3 is 0 Å². The van der Waals surface area contributed by atoms with Gasteiger partial charge in [0, 0.05) is 11.8 Å². The Balaban J connectivity index is 1.78. The minimum Gasteiger partial charge on any atom is -0.507 e. The van der Waals surface area contributed by atoms with Gasteiger partial charge in [-0.1, -0.05) is 12.1 Å². The first-order valence-corrected chi connectivity index (χ1v) is 6.07. The number of para-hydroxylation sites is 1. The normalized spacial score (nSPS) is 31.9. The molecule has 84 valence electrons. The monoisotopic (exact) mass is 215 g/mol. The predicted molar refractivity (Wildman–Crippen MR) is 65.1 cm³/mol. The topological polar surface area (TPSA) is 32.6 Å². The maximum Gasteiger partial charge on any atom is 0.127 e. The summed E-state index contributed by atoms with van der Waals surface area (Å²) in [5, 5.41) is 9.86. The minimum absolute atomic E-state index is 0.372. The van der Waals surface area contributed by atoms with Gasteiger partial charge in [-0.05, 0) is 49.7 Å². The van der Waals surface area contributed by atoms with E-state index in [-0.39, 0.29) is 0 Å². The molecule has 1 N–H and O–H groups in total. The highest BCUT2D eigenvalue weighted by Crippen LogP contribution is 2.53. The molecule has 0 saturated heterocycles. The molecular formula is C14H17NO. The summed E-state index contributed by atoms with van der Waals surface area (Å²) >= 11 is 0. The van der Waals surface area contributed by atoms with E-state index in [4.69, 9.17) is 0 Å².